The van der Waals surface area contributed by atoms with Crippen LogP contribution in [0.1, 0.15) is 37.0 Å². The summed E-state index contributed by atoms with van der Waals surface area (Å²) in [5, 5.41) is 3.49. The Morgan fingerprint density at radius 1 is 1.52 bits per heavy atom. The van der Waals surface area contributed by atoms with Crippen LogP contribution in [-0.4, -0.2) is 29.9 Å². The molecule has 0 spiro atoms. The molecular weight excluding hydrogens is 304 g/mol. The van der Waals surface area contributed by atoms with Crippen LogP contribution in [-0.2, 0) is 11.3 Å². The normalized spacial score (nSPS) is 18.4. The lowest BCUT2D eigenvalue weighted by Gasteiger charge is -2.25. The summed E-state index contributed by atoms with van der Waals surface area (Å²) < 4.78 is 0.766. The summed E-state index contributed by atoms with van der Waals surface area (Å²) in [4.78, 5) is 15.4. The van der Waals surface area contributed by atoms with Crippen LogP contribution in [0.3, 0.4) is 0 Å². The second kappa shape index (κ2) is 8.57. The van der Waals surface area contributed by atoms with Crippen molar-refractivity contribution in [3.8, 4) is 0 Å². The summed E-state index contributed by atoms with van der Waals surface area (Å²) in [6.45, 7) is 6.05. The van der Waals surface area contributed by atoms with Gasteiger partial charge in [-0.25, -0.2) is 0 Å². The number of carbonyl (C=O) groups excluding carboxylic acids is 1. The fraction of sp³-hybridized carbons (Fsp3) is 0.562. The molecule has 1 atom stereocenters. The van der Waals surface area contributed by atoms with E-state index in [-0.39, 0.29) is 5.91 Å². The molecule has 0 bridgehead atoms. The Balaban J connectivity index is 1.84. The molecule has 0 radical (unpaired) electrons. The number of amides is 1. The first kappa shape index (κ1) is 16.5. The van der Waals surface area contributed by atoms with Gasteiger partial charge < -0.3 is 10.2 Å². The maximum absolute atomic E-state index is 12.4. The molecule has 1 aromatic rings. The van der Waals surface area contributed by atoms with Crippen LogP contribution >= 0.6 is 22.9 Å². The molecule has 1 amide bonds. The van der Waals surface area contributed by atoms with Crippen LogP contribution < -0.4 is 5.32 Å². The van der Waals surface area contributed by atoms with Crippen molar-refractivity contribution in [2.45, 2.75) is 44.7 Å². The van der Waals surface area contributed by atoms with Crippen molar-refractivity contribution in [2.75, 3.05) is 13.1 Å². The van der Waals surface area contributed by atoms with Crippen molar-refractivity contribution in [1.82, 2.24) is 10.2 Å². The minimum absolute atomic E-state index is 0.201. The molecule has 0 aliphatic carbocycles. The largest absolute Gasteiger partial charge is 0.334 e. The van der Waals surface area contributed by atoms with Gasteiger partial charge in [0, 0.05) is 23.9 Å². The summed E-state index contributed by atoms with van der Waals surface area (Å²) in [5.41, 5.74) is 0. The topological polar surface area (TPSA) is 32.3 Å². The minimum atomic E-state index is 0.201. The molecule has 2 heterocycles. The van der Waals surface area contributed by atoms with Gasteiger partial charge in [-0.05, 0) is 37.9 Å². The Morgan fingerprint density at radius 2 is 2.38 bits per heavy atom. The van der Waals surface area contributed by atoms with Crippen LogP contribution in [0, 0.1) is 0 Å². The maximum atomic E-state index is 12.4. The van der Waals surface area contributed by atoms with Crippen LogP contribution in [0.4, 0.5) is 0 Å². The first-order chi connectivity index (χ1) is 10.2. The standard InChI is InChI=1S/C16H23ClN2OS/c1-2-11-19(12-14-7-8-15(17)21-14)16(20)9-6-13-5-3-4-10-18-13/h2,7-8,13,18H,1,3-6,9-12H2. The van der Waals surface area contributed by atoms with E-state index in [0.29, 0.717) is 25.6 Å². The first-order valence-corrected chi connectivity index (χ1v) is 8.74. The van der Waals surface area contributed by atoms with Gasteiger partial charge in [0.15, 0.2) is 0 Å². The first-order valence-electron chi connectivity index (χ1n) is 7.55. The smallest absolute Gasteiger partial charge is 0.223 e. The number of carbonyl (C=O) groups is 1. The predicted molar refractivity (Wildman–Crippen MR) is 89.8 cm³/mol. The third-order valence-corrected chi connectivity index (χ3v) is 5.01. The van der Waals surface area contributed by atoms with Gasteiger partial charge in [0.2, 0.25) is 5.91 Å². The van der Waals surface area contributed by atoms with Crippen LogP contribution in [0.5, 0.6) is 0 Å². The van der Waals surface area contributed by atoms with E-state index < -0.39 is 0 Å². The van der Waals surface area contributed by atoms with Gasteiger partial charge in [0.05, 0.1) is 10.9 Å². The van der Waals surface area contributed by atoms with Gasteiger partial charge in [-0.2, -0.15) is 0 Å². The number of piperidine rings is 1. The molecule has 1 aliphatic rings. The second-order valence-corrected chi connectivity index (χ2v) is 7.25. The summed E-state index contributed by atoms with van der Waals surface area (Å²) in [6, 6.07) is 4.37. The number of hydrogen-bond acceptors (Lipinski definition) is 3. The Hall–Kier alpha value is -0.840. The van der Waals surface area contributed by atoms with E-state index in [1.54, 1.807) is 6.08 Å². The lowest BCUT2D eigenvalue weighted by molar-refractivity contribution is -0.131. The van der Waals surface area contributed by atoms with E-state index >= 15 is 0 Å². The highest BCUT2D eigenvalue weighted by Crippen LogP contribution is 2.23. The lowest BCUT2D eigenvalue weighted by atomic mass is 10.0. The van der Waals surface area contributed by atoms with E-state index in [9.17, 15) is 4.79 Å². The third-order valence-electron chi connectivity index (χ3n) is 3.80. The monoisotopic (exact) mass is 326 g/mol. The molecule has 1 aromatic heterocycles. The molecule has 1 aliphatic heterocycles. The van der Waals surface area contributed by atoms with E-state index in [2.05, 4.69) is 11.9 Å². The lowest BCUT2D eigenvalue weighted by Crippen LogP contribution is -2.36. The number of nitrogens with one attached hydrogen (secondary N) is 1. The predicted octanol–water partition coefficient (Wildman–Crippen LogP) is 3.84. The van der Waals surface area contributed by atoms with Crippen LogP contribution in [0.2, 0.25) is 4.34 Å². The Bertz CT molecular complexity index is 469. The molecule has 3 nitrogen and oxygen atoms in total. The van der Waals surface area contributed by atoms with Gasteiger partial charge in [-0.3, -0.25) is 4.79 Å². The fourth-order valence-corrected chi connectivity index (χ4v) is 3.76. The van der Waals surface area contributed by atoms with Crippen molar-refractivity contribution in [3.05, 3.63) is 34.0 Å². The zero-order chi connectivity index (χ0) is 15.1. The van der Waals surface area contributed by atoms with Crippen molar-refractivity contribution >= 4 is 28.8 Å². The Kier molecular flexibility index (Phi) is 6.74. The molecule has 1 N–H and O–H groups in total. The quantitative estimate of drug-likeness (QED) is 0.772. The zero-order valence-electron chi connectivity index (χ0n) is 12.3. The highest BCUT2D eigenvalue weighted by Gasteiger charge is 2.18. The average molecular weight is 327 g/mol. The van der Waals surface area contributed by atoms with E-state index in [0.717, 1.165) is 22.2 Å². The Morgan fingerprint density at radius 3 is 3.00 bits per heavy atom. The van der Waals surface area contributed by atoms with E-state index in [4.69, 9.17) is 11.6 Å². The third kappa shape index (κ3) is 5.46. The molecule has 21 heavy (non-hydrogen) atoms. The summed E-state index contributed by atoms with van der Waals surface area (Å²) in [6.07, 6.45) is 7.03. The zero-order valence-corrected chi connectivity index (χ0v) is 13.9. The van der Waals surface area contributed by atoms with Gasteiger partial charge in [0.1, 0.15) is 0 Å². The molecule has 1 fully saturated rings. The summed E-state index contributed by atoms with van der Waals surface area (Å²) in [7, 11) is 0. The van der Waals surface area contributed by atoms with Crippen molar-refractivity contribution in [1.29, 1.82) is 0 Å². The Labute approximate surface area is 136 Å². The summed E-state index contributed by atoms with van der Waals surface area (Å²) >= 11 is 7.48. The molecule has 5 heteroatoms. The van der Waals surface area contributed by atoms with E-state index in [1.165, 1.54) is 30.6 Å². The van der Waals surface area contributed by atoms with Gasteiger partial charge in [-0.15, -0.1) is 17.9 Å². The minimum Gasteiger partial charge on any atom is -0.334 e. The highest BCUT2D eigenvalue weighted by molar-refractivity contribution is 7.16. The van der Waals surface area contributed by atoms with Crippen molar-refractivity contribution in [3.63, 3.8) is 0 Å². The number of halogens is 1. The van der Waals surface area contributed by atoms with Crippen LogP contribution in [0.25, 0.3) is 0 Å². The number of nitrogens with zero attached hydrogens (tertiary/aromatic N) is 1. The van der Waals surface area contributed by atoms with E-state index in [1.807, 2.05) is 17.0 Å². The molecule has 2 rings (SSSR count). The molecular formula is C16H23ClN2OS. The van der Waals surface area contributed by atoms with Crippen molar-refractivity contribution in [2.24, 2.45) is 0 Å². The summed E-state index contributed by atoms with van der Waals surface area (Å²) in [5.74, 6) is 0.201. The number of rotatable bonds is 7. The van der Waals surface area contributed by atoms with Crippen molar-refractivity contribution < 1.29 is 4.79 Å². The molecule has 0 saturated carbocycles. The SMILES string of the molecule is C=CCN(Cc1ccc(Cl)s1)C(=O)CCC1CCCCN1. The van der Waals surface area contributed by atoms with Gasteiger partial charge in [-0.1, -0.05) is 24.1 Å². The van der Waals surface area contributed by atoms with Gasteiger partial charge in [0.25, 0.3) is 0 Å². The van der Waals surface area contributed by atoms with Crippen LogP contribution in [0.15, 0.2) is 24.8 Å². The highest BCUT2D eigenvalue weighted by atomic mass is 35.5. The molecule has 116 valence electrons. The second-order valence-electron chi connectivity index (χ2n) is 5.45. The van der Waals surface area contributed by atoms with Gasteiger partial charge >= 0.3 is 0 Å². The fourth-order valence-electron chi connectivity index (χ4n) is 2.66. The number of thiophene rings is 1. The maximum Gasteiger partial charge on any atom is 0.223 e. The average Bonchev–Trinajstić information content (AvgIpc) is 2.91. The number of hydrogen-bond donors (Lipinski definition) is 1. The molecule has 1 unspecified atom stereocenters. The molecule has 1 saturated heterocycles. The molecule has 0 aromatic carbocycles.